The Morgan fingerprint density at radius 2 is 2.00 bits per heavy atom. The van der Waals surface area contributed by atoms with Gasteiger partial charge in [-0.25, -0.2) is 0 Å². The van der Waals surface area contributed by atoms with Crippen molar-refractivity contribution in [3.8, 4) is 0 Å². The number of nitrogens with zero attached hydrogens (tertiary/aromatic N) is 1. The zero-order chi connectivity index (χ0) is 13.4. The molecule has 1 atom stereocenters. The van der Waals surface area contributed by atoms with Gasteiger partial charge >= 0.3 is 0 Å². The van der Waals surface area contributed by atoms with Gasteiger partial charge in [0.25, 0.3) is 0 Å². The molecular formula is C15H30N2O. The summed E-state index contributed by atoms with van der Waals surface area (Å²) in [6.07, 6.45) is 8.79. The molecule has 0 aromatic carbocycles. The summed E-state index contributed by atoms with van der Waals surface area (Å²) in [5.41, 5.74) is 0. The Hall–Kier alpha value is -0.570. The summed E-state index contributed by atoms with van der Waals surface area (Å²) in [5.74, 6) is 0.278. The van der Waals surface area contributed by atoms with Gasteiger partial charge in [0.05, 0.1) is 6.54 Å². The van der Waals surface area contributed by atoms with Gasteiger partial charge in [-0.15, -0.1) is 0 Å². The average Bonchev–Trinajstić information content (AvgIpc) is 3.17. The van der Waals surface area contributed by atoms with Crippen LogP contribution in [0.25, 0.3) is 0 Å². The first kappa shape index (κ1) is 15.5. The van der Waals surface area contributed by atoms with Crippen LogP contribution in [-0.4, -0.2) is 36.0 Å². The second-order valence-electron chi connectivity index (χ2n) is 5.54. The predicted octanol–water partition coefficient (Wildman–Crippen LogP) is 2.95. The molecule has 0 bridgehead atoms. The molecule has 0 radical (unpaired) electrons. The van der Waals surface area contributed by atoms with E-state index in [1.807, 2.05) is 4.90 Å². The fourth-order valence-electron chi connectivity index (χ4n) is 2.37. The maximum absolute atomic E-state index is 12.0. The second-order valence-corrected chi connectivity index (χ2v) is 5.54. The van der Waals surface area contributed by atoms with E-state index in [0.29, 0.717) is 18.6 Å². The van der Waals surface area contributed by atoms with E-state index < -0.39 is 0 Å². The third-order valence-corrected chi connectivity index (χ3v) is 3.74. The van der Waals surface area contributed by atoms with E-state index >= 15 is 0 Å². The van der Waals surface area contributed by atoms with E-state index in [2.05, 4.69) is 26.1 Å². The van der Waals surface area contributed by atoms with Crippen molar-refractivity contribution < 1.29 is 4.79 Å². The van der Waals surface area contributed by atoms with E-state index in [-0.39, 0.29) is 5.91 Å². The molecule has 1 amide bonds. The molecule has 3 heteroatoms. The van der Waals surface area contributed by atoms with Crippen LogP contribution in [0.5, 0.6) is 0 Å². The summed E-state index contributed by atoms with van der Waals surface area (Å²) < 4.78 is 0. The molecule has 0 aliphatic heterocycles. The Morgan fingerprint density at radius 3 is 2.56 bits per heavy atom. The van der Waals surface area contributed by atoms with Crippen molar-refractivity contribution in [1.82, 2.24) is 10.2 Å². The minimum Gasteiger partial charge on any atom is -0.339 e. The highest BCUT2D eigenvalue weighted by Gasteiger charge is 2.30. The molecule has 1 rings (SSSR count). The highest BCUT2D eigenvalue weighted by molar-refractivity contribution is 5.78. The SMILES string of the molecule is CCCCCCC(C)NCC(=O)N(CC)C1CC1. The van der Waals surface area contributed by atoms with Crippen LogP contribution in [0.4, 0.5) is 0 Å². The number of unbranched alkanes of at least 4 members (excludes halogenated alkanes) is 3. The normalized spacial score (nSPS) is 16.6. The number of hydrogen-bond acceptors (Lipinski definition) is 2. The van der Waals surface area contributed by atoms with Crippen LogP contribution in [-0.2, 0) is 4.79 Å². The van der Waals surface area contributed by atoms with Gasteiger partial charge in [-0.3, -0.25) is 4.79 Å². The van der Waals surface area contributed by atoms with E-state index in [0.717, 1.165) is 6.54 Å². The smallest absolute Gasteiger partial charge is 0.236 e. The Labute approximate surface area is 112 Å². The van der Waals surface area contributed by atoms with Gasteiger partial charge in [0.2, 0.25) is 5.91 Å². The van der Waals surface area contributed by atoms with Crippen molar-refractivity contribution in [1.29, 1.82) is 0 Å². The molecule has 1 aliphatic carbocycles. The molecule has 18 heavy (non-hydrogen) atoms. The third-order valence-electron chi connectivity index (χ3n) is 3.74. The van der Waals surface area contributed by atoms with Crippen LogP contribution in [0, 0.1) is 0 Å². The number of hydrogen-bond donors (Lipinski definition) is 1. The highest BCUT2D eigenvalue weighted by atomic mass is 16.2. The molecule has 1 unspecified atom stereocenters. The number of carbonyl (C=O) groups is 1. The van der Waals surface area contributed by atoms with Crippen molar-refractivity contribution in [2.45, 2.75) is 77.8 Å². The molecule has 106 valence electrons. The quantitative estimate of drug-likeness (QED) is 0.608. The Bertz CT molecular complexity index is 239. The van der Waals surface area contributed by atoms with Gasteiger partial charge in [0, 0.05) is 18.6 Å². The lowest BCUT2D eigenvalue weighted by atomic mass is 10.1. The van der Waals surface area contributed by atoms with Crippen molar-refractivity contribution in [3.05, 3.63) is 0 Å². The monoisotopic (exact) mass is 254 g/mol. The molecule has 3 nitrogen and oxygen atoms in total. The zero-order valence-corrected chi connectivity index (χ0v) is 12.4. The lowest BCUT2D eigenvalue weighted by Gasteiger charge is -2.22. The number of carbonyl (C=O) groups excluding carboxylic acids is 1. The summed E-state index contributed by atoms with van der Waals surface area (Å²) in [6, 6.07) is 1.01. The van der Waals surface area contributed by atoms with Crippen LogP contribution in [0.3, 0.4) is 0 Å². The van der Waals surface area contributed by atoms with Crippen LogP contribution in [0.15, 0.2) is 0 Å². The number of amides is 1. The number of likely N-dealkylation sites (N-methyl/N-ethyl adjacent to an activating group) is 1. The molecule has 1 saturated carbocycles. The van der Waals surface area contributed by atoms with Gasteiger partial charge in [-0.1, -0.05) is 32.6 Å². The van der Waals surface area contributed by atoms with Crippen LogP contribution in [0.2, 0.25) is 0 Å². The molecule has 0 heterocycles. The molecule has 0 aromatic heterocycles. The van der Waals surface area contributed by atoms with E-state index in [1.54, 1.807) is 0 Å². The van der Waals surface area contributed by atoms with Crippen LogP contribution < -0.4 is 5.32 Å². The summed E-state index contributed by atoms with van der Waals surface area (Å²) in [6.45, 7) is 7.87. The van der Waals surface area contributed by atoms with Gasteiger partial charge in [0.15, 0.2) is 0 Å². The maximum atomic E-state index is 12.0. The predicted molar refractivity (Wildman–Crippen MR) is 76.6 cm³/mol. The minimum absolute atomic E-state index is 0.278. The Balaban J connectivity index is 2.09. The lowest BCUT2D eigenvalue weighted by molar-refractivity contribution is -0.130. The first-order valence-electron chi connectivity index (χ1n) is 7.71. The Morgan fingerprint density at radius 1 is 1.28 bits per heavy atom. The summed E-state index contributed by atoms with van der Waals surface area (Å²) >= 11 is 0. The standard InChI is InChI=1S/C15H30N2O/c1-4-6-7-8-9-13(3)16-12-15(18)17(5-2)14-10-11-14/h13-14,16H,4-12H2,1-3H3. The first-order chi connectivity index (χ1) is 8.69. The molecule has 1 aliphatic rings. The first-order valence-corrected chi connectivity index (χ1v) is 7.71. The molecular weight excluding hydrogens is 224 g/mol. The van der Waals surface area contributed by atoms with Crippen molar-refractivity contribution >= 4 is 5.91 Å². The molecule has 1 N–H and O–H groups in total. The molecule has 0 spiro atoms. The summed E-state index contributed by atoms with van der Waals surface area (Å²) in [5, 5.41) is 3.37. The fraction of sp³-hybridized carbons (Fsp3) is 0.933. The van der Waals surface area contributed by atoms with Crippen molar-refractivity contribution in [3.63, 3.8) is 0 Å². The molecule has 0 saturated heterocycles. The largest absolute Gasteiger partial charge is 0.339 e. The average molecular weight is 254 g/mol. The van der Waals surface area contributed by atoms with Gasteiger partial charge in [-0.2, -0.15) is 0 Å². The Kier molecular flexibility index (Phi) is 7.33. The lowest BCUT2D eigenvalue weighted by Crippen LogP contribution is -2.41. The van der Waals surface area contributed by atoms with Crippen molar-refractivity contribution in [2.24, 2.45) is 0 Å². The highest BCUT2D eigenvalue weighted by Crippen LogP contribution is 2.26. The fourth-order valence-corrected chi connectivity index (χ4v) is 2.37. The van der Waals surface area contributed by atoms with E-state index in [9.17, 15) is 4.79 Å². The number of rotatable bonds is 10. The molecule has 1 fully saturated rings. The summed E-state index contributed by atoms with van der Waals surface area (Å²) in [4.78, 5) is 14.0. The van der Waals surface area contributed by atoms with E-state index in [4.69, 9.17) is 0 Å². The minimum atomic E-state index is 0.278. The van der Waals surface area contributed by atoms with Crippen LogP contribution in [0.1, 0.15) is 65.7 Å². The van der Waals surface area contributed by atoms with Gasteiger partial charge in [-0.05, 0) is 33.1 Å². The van der Waals surface area contributed by atoms with E-state index in [1.165, 1.54) is 44.9 Å². The topological polar surface area (TPSA) is 32.3 Å². The summed E-state index contributed by atoms with van der Waals surface area (Å²) in [7, 11) is 0. The zero-order valence-electron chi connectivity index (χ0n) is 12.4. The maximum Gasteiger partial charge on any atom is 0.236 e. The van der Waals surface area contributed by atoms with Crippen molar-refractivity contribution in [2.75, 3.05) is 13.1 Å². The van der Waals surface area contributed by atoms with Crippen LogP contribution >= 0.6 is 0 Å². The molecule has 0 aromatic rings. The van der Waals surface area contributed by atoms with Gasteiger partial charge < -0.3 is 10.2 Å². The third kappa shape index (κ3) is 5.85. The van der Waals surface area contributed by atoms with Gasteiger partial charge in [0.1, 0.15) is 0 Å². The second kappa shape index (κ2) is 8.52. The number of nitrogens with one attached hydrogen (secondary N) is 1.